The highest BCUT2D eigenvalue weighted by Gasteiger charge is 2.24. The number of rotatable bonds is 2. The zero-order valence-corrected chi connectivity index (χ0v) is 10.9. The van der Waals surface area contributed by atoms with E-state index >= 15 is 0 Å². The summed E-state index contributed by atoms with van der Waals surface area (Å²) in [7, 11) is 4.14. The number of anilines is 1. The van der Waals surface area contributed by atoms with Crippen LogP contribution in [0.5, 0.6) is 0 Å². The van der Waals surface area contributed by atoms with Crippen LogP contribution in [0.2, 0.25) is 0 Å². The highest BCUT2D eigenvalue weighted by atomic mass is 35.5. The first-order valence-electron chi connectivity index (χ1n) is 6.10. The summed E-state index contributed by atoms with van der Waals surface area (Å²) in [6.45, 7) is 0. The first-order valence-corrected chi connectivity index (χ1v) is 6.53. The van der Waals surface area contributed by atoms with E-state index in [9.17, 15) is 0 Å². The molecule has 1 aliphatic rings. The number of halogens is 1. The van der Waals surface area contributed by atoms with Gasteiger partial charge in [0.05, 0.1) is 0 Å². The predicted molar refractivity (Wildman–Crippen MR) is 71.6 cm³/mol. The van der Waals surface area contributed by atoms with Gasteiger partial charge in [0, 0.05) is 31.1 Å². The van der Waals surface area contributed by atoms with Crippen LogP contribution in [0.15, 0.2) is 24.3 Å². The molecule has 0 saturated heterocycles. The Bertz CT molecular complexity index is 331. The Labute approximate surface area is 103 Å². The van der Waals surface area contributed by atoms with E-state index < -0.39 is 0 Å². The lowest BCUT2D eigenvalue weighted by atomic mass is 9.83. The molecule has 2 atom stereocenters. The van der Waals surface area contributed by atoms with Gasteiger partial charge in [-0.05, 0) is 30.5 Å². The second-order valence-electron chi connectivity index (χ2n) is 4.89. The Hall–Kier alpha value is -0.690. The van der Waals surface area contributed by atoms with Crippen LogP contribution in [-0.2, 0) is 0 Å². The van der Waals surface area contributed by atoms with Crippen molar-refractivity contribution in [3.63, 3.8) is 0 Å². The van der Waals surface area contributed by atoms with Crippen LogP contribution in [0.25, 0.3) is 0 Å². The van der Waals surface area contributed by atoms with Gasteiger partial charge in [-0.15, -0.1) is 11.6 Å². The molecule has 0 aromatic heterocycles. The minimum Gasteiger partial charge on any atom is -0.378 e. The molecule has 1 aromatic rings. The van der Waals surface area contributed by atoms with Crippen LogP contribution >= 0.6 is 11.6 Å². The minimum atomic E-state index is 0.332. The van der Waals surface area contributed by atoms with E-state index in [-0.39, 0.29) is 0 Å². The topological polar surface area (TPSA) is 3.24 Å². The Morgan fingerprint density at radius 1 is 1.06 bits per heavy atom. The summed E-state index contributed by atoms with van der Waals surface area (Å²) in [5.41, 5.74) is 2.66. The van der Waals surface area contributed by atoms with Crippen molar-refractivity contribution >= 4 is 17.3 Å². The summed E-state index contributed by atoms with van der Waals surface area (Å²) >= 11 is 6.41. The van der Waals surface area contributed by atoms with Gasteiger partial charge in [-0.2, -0.15) is 0 Å². The quantitative estimate of drug-likeness (QED) is 0.703. The van der Waals surface area contributed by atoms with Gasteiger partial charge in [0.15, 0.2) is 0 Å². The van der Waals surface area contributed by atoms with E-state index in [0.717, 1.165) is 0 Å². The summed E-state index contributed by atoms with van der Waals surface area (Å²) < 4.78 is 0. The lowest BCUT2D eigenvalue weighted by Gasteiger charge is -2.27. The van der Waals surface area contributed by atoms with Gasteiger partial charge in [0.2, 0.25) is 0 Å². The maximum absolute atomic E-state index is 6.41. The second-order valence-corrected chi connectivity index (χ2v) is 5.45. The standard InChI is InChI=1S/C14H20ClN/c1-16(2)12-9-7-11(8-10-12)13-5-3-4-6-14(13)15/h7-10,13-14H,3-6H2,1-2H3/t13-,14+/m0/s1. The van der Waals surface area contributed by atoms with E-state index in [1.807, 2.05) is 0 Å². The molecule has 1 nitrogen and oxygen atoms in total. The van der Waals surface area contributed by atoms with Crippen LogP contribution in [0.3, 0.4) is 0 Å². The van der Waals surface area contributed by atoms with Crippen LogP contribution in [0, 0.1) is 0 Å². The van der Waals surface area contributed by atoms with Gasteiger partial charge in [0.25, 0.3) is 0 Å². The van der Waals surface area contributed by atoms with Gasteiger partial charge in [-0.3, -0.25) is 0 Å². The van der Waals surface area contributed by atoms with Gasteiger partial charge < -0.3 is 4.90 Å². The Kier molecular flexibility index (Phi) is 3.75. The number of alkyl halides is 1. The van der Waals surface area contributed by atoms with Crippen molar-refractivity contribution < 1.29 is 0 Å². The van der Waals surface area contributed by atoms with Crippen LogP contribution < -0.4 is 4.90 Å². The monoisotopic (exact) mass is 237 g/mol. The van der Waals surface area contributed by atoms with Crippen molar-refractivity contribution in [1.82, 2.24) is 0 Å². The molecule has 1 saturated carbocycles. The molecular formula is C14H20ClN. The minimum absolute atomic E-state index is 0.332. The zero-order chi connectivity index (χ0) is 11.5. The molecule has 2 rings (SSSR count). The molecule has 0 spiro atoms. The zero-order valence-electron chi connectivity index (χ0n) is 10.1. The molecule has 1 aliphatic carbocycles. The molecule has 0 unspecified atom stereocenters. The molecule has 1 fully saturated rings. The maximum Gasteiger partial charge on any atom is 0.0404 e. The van der Waals surface area contributed by atoms with Gasteiger partial charge >= 0.3 is 0 Å². The second kappa shape index (κ2) is 5.09. The number of nitrogens with zero attached hydrogens (tertiary/aromatic N) is 1. The molecule has 88 valence electrons. The highest BCUT2D eigenvalue weighted by Crippen LogP contribution is 2.36. The van der Waals surface area contributed by atoms with Crippen molar-refractivity contribution in [2.75, 3.05) is 19.0 Å². The summed E-state index contributed by atoms with van der Waals surface area (Å²) in [5, 5.41) is 0.332. The lowest BCUT2D eigenvalue weighted by molar-refractivity contribution is 0.450. The fourth-order valence-electron chi connectivity index (χ4n) is 2.48. The number of benzene rings is 1. The fourth-order valence-corrected chi connectivity index (χ4v) is 2.91. The Morgan fingerprint density at radius 3 is 2.25 bits per heavy atom. The molecule has 0 bridgehead atoms. The summed E-state index contributed by atoms with van der Waals surface area (Å²) in [6, 6.07) is 8.85. The molecule has 1 aromatic carbocycles. The molecule has 0 N–H and O–H groups in total. The first-order chi connectivity index (χ1) is 7.68. The molecule has 0 heterocycles. The van der Waals surface area contributed by atoms with Crippen LogP contribution in [0.4, 0.5) is 5.69 Å². The van der Waals surface area contributed by atoms with Crippen molar-refractivity contribution in [2.24, 2.45) is 0 Å². The molecule has 16 heavy (non-hydrogen) atoms. The molecule has 2 heteroatoms. The van der Waals surface area contributed by atoms with Crippen molar-refractivity contribution in [1.29, 1.82) is 0 Å². The summed E-state index contributed by atoms with van der Waals surface area (Å²) in [6.07, 6.45) is 5.03. The third-order valence-electron chi connectivity index (χ3n) is 3.52. The summed E-state index contributed by atoms with van der Waals surface area (Å²) in [4.78, 5) is 2.13. The molecular weight excluding hydrogens is 218 g/mol. The van der Waals surface area contributed by atoms with Crippen molar-refractivity contribution in [3.8, 4) is 0 Å². The van der Waals surface area contributed by atoms with E-state index in [2.05, 4.69) is 43.3 Å². The first kappa shape index (κ1) is 11.8. The fraction of sp³-hybridized carbons (Fsp3) is 0.571. The normalized spacial score (nSPS) is 25.4. The molecule has 0 aliphatic heterocycles. The van der Waals surface area contributed by atoms with Crippen LogP contribution in [0.1, 0.15) is 37.2 Å². The Balaban J connectivity index is 2.14. The number of hydrogen-bond donors (Lipinski definition) is 0. The van der Waals surface area contributed by atoms with E-state index in [1.54, 1.807) is 0 Å². The van der Waals surface area contributed by atoms with Crippen LogP contribution in [-0.4, -0.2) is 19.5 Å². The van der Waals surface area contributed by atoms with Gasteiger partial charge in [-0.1, -0.05) is 25.0 Å². The summed E-state index contributed by atoms with van der Waals surface area (Å²) in [5.74, 6) is 0.562. The smallest absolute Gasteiger partial charge is 0.0404 e. The maximum atomic E-state index is 6.41. The average Bonchev–Trinajstić information content (AvgIpc) is 2.30. The molecule has 0 radical (unpaired) electrons. The van der Waals surface area contributed by atoms with E-state index in [4.69, 9.17) is 11.6 Å². The SMILES string of the molecule is CN(C)c1ccc([C@@H]2CCCC[C@H]2Cl)cc1. The third kappa shape index (κ3) is 2.52. The Morgan fingerprint density at radius 2 is 1.69 bits per heavy atom. The van der Waals surface area contributed by atoms with Crippen molar-refractivity contribution in [2.45, 2.75) is 37.0 Å². The predicted octanol–water partition coefficient (Wildman–Crippen LogP) is 4.02. The van der Waals surface area contributed by atoms with E-state index in [0.29, 0.717) is 11.3 Å². The van der Waals surface area contributed by atoms with Gasteiger partial charge in [-0.25, -0.2) is 0 Å². The number of hydrogen-bond acceptors (Lipinski definition) is 1. The van der Waals surface area contributed by atoms with E-state index in [1.165, 1.54) is 36.9 Å². The third-order valence-corrected chi connectivity index (χ3v) is 4.04. The van der Waals surface area contributed by atoms with Crippen molar-refractivity contribution in [3.05, 3.63) is 29.8 Å². The highest BCUT2D eigenvalue weighted by molar-refractivity contribution is 6.21. The lowest BCUT2D eigenvalue weighted by Crippen LogP contribution is -2.17. The average molecular weight is 238 g/mol. The largest absolute Gasteiger partial charge is 0.378 e. The van der Waals surface area contributed by atoms with Gasteiger partial charge in [0.1, 0.15) is 0 Å². The molecule has 0 amide bonds.